The Balaban J connectivity index is 2.20. The minimum Gasteiger partial charge on any atom is -0.497 e. The van der Waals surface area contributed by atoms with Gasteiger partial charge in [0.2, 0.25) is 0 Å². The van der Waals surface area contributed by atoms with Crippen LogP contribution in [0, 0.1) is 0 Å². The van der Waals surface area contributed by atoms with E-state index in [0.29, 0.717) is 0 Å². The molecule has 0 amide bonds. The lowest BCUT2D eigenvalue weighted by atomic mass is 10.1. The molecule has 100 valence electrons. The molecule has 0 radical (unpaired) electrons. The van der Waals surface area contributed by atoms with E-state index >= 15 is 0 Å². The van der Waals surface area contributed by atoms with Gasteiger partial charge in [0.05, 0.1) is 24.7 Å². The summed E-state index contributed by atoms with van der Waals surface area (Å²) in [5.74, 6) is 0.334. The van der Waals surface area contributed by atoms with Gasteiger partial charge >= 0.3 is 5.97 Å². The van der Waals surface area contributed by atoms with Gasteiger partial charge < -0.3 is 9.47 Å². The van der Waals surface area contributed by atoms with Crippen LogP contribution in [0.3, 0.4) is 0 Å². The first-order chi connectivity index (χ1) is 9.15. The molecule has 1 aromatic heterocycles. The molecule has 0 aliphatic carbocycles. The summed E-state index contributed by atoms with van der Waals surface area (Å²) in [7, 11) is 2.95. The van der Waals surface area contributed by atoms with Crippen molar-refractivity contribution in [3.05, 3.63) is 47.3 Å². The summed E-state index contributed by atoms with van der Waals surface area (Å²) in [4.78, 5) is 11.3. The molecule has 1 aromatic carbocycles. The molecule has 5 nitrogen and oxygen atoms in total. The van der Waals surface area contributed by atoms with Gasteiger partial charge in [0.15, 0.2) is 5.69 Å². The van der Waals surface area contributed by atoms with Gasteiger partial charge in [0.1, 0.15) is 5.75 Å². The number of H-pyrrole nitrogens is 1. The van der Waals surface area contributed by atoms with Crippen LogP contribution in [0.2, 0.25) is 0 Å². The highest BCUT2D eigenvalue weighted by atomic mass is 79.9. The third-order valence-corrected chi connectivity index (χ3v) is 3.70. The third kappa shape index (κ3) is 2.96. The Morgan fingerprint density at radius 3 is 2.58 bits per heavy atom. The van der Waals surface area contributed by atoms with E-state index in [1.165, 1.54) is 7.11 Å². The highest BCUT2D eigenvalue weighted by Crippen LogP contribution is 2.30. The topological polar surface area (TPSA) is 64.2 Å². The standard InChI is InChI=1S/C13H13BrN2O3/c1-18-9-5-3-8(4-6-9)12(14)10-7-11(16-15-10)13(17)19-2/h3-7,12H,1-2H3,(H,15,16). The maximum atomic E-state index is 11.3. The molecular formula is C13H13BrN2O3. The van der Waals surface area contributed by atoms with E-state index in [1.807, 2.05) is 24.3 Å². The van der Waals surface area contributed by atoms with Gasteiger partial charge in [-0.3, -0.25) is 5.10 Å². The van der Waals surface area contributed by atoms with Crippen LogP contribution in [0.25, 0.3) is 0 Å². The van der Waals surface area contributed by atoms with Crippen LogP contribution in [0.15, 0.2) is 30.3 Å². The van der Waals surface area contributed by atoms with E-state index in [1.54, 1.807) is 13.2 Å². The third-order valence-electron chi connectivity index (χ3n) is 2.67. The van der Waals surface area contributed by atoms with Gasteiger partial charge in [-0.05, 0) is 23.8 Å². The summed E-state index contributed by atoms with van der Waals surface area (Å²) in [5, 5.41) is 6.73. The maximum Gasteiger partial charge on any atom is 0.358 e. The van der Waals surface area contributed by atoms with E-state index in [9.17, 15) is 4.79 Å². The number of carbonyl (C=O) groups excluding carboxylic acids is 1. The number of nitrogens with one attached hydrogen (secondary N) is 1. The Morgan fingerprint density at radius 1 is 1.32 bits per heavy atom. The zero-order valence-electron chi connectivity index (χ0n) is 10.5. The number of rotatable bonds is 4. The second-order valence-electron chi connectivity index (χ2n) is 3.84. The van der Waals surface area contributed by atoms with Crippen molar-refractivity contribution in [3.8, 4) is 5.75 Å². The Labute approximate surface area is 119 Å². The Hall–Kier alpha value is -1.82. The largest absolute Gasteiger partial charge is 0.497 e. The zero-order chi connectivity index (χ0) is 13.8. The Morgan fingerprint density at radius 2 is 2.00 bits per heavy atom. The fourth-order valence-corrected chi connectivity index (χ4v) is 2.17. The van der Waals surface area contributed by atoms with Crippen molar-refractivity contribution in [3.63, 3.8) is 0 Å². The average molecular weight is 325 g/mol. The second kappa shape index (κ2) is 5.88. The first-order valence-electron chi connectivity index (χ1n) is 5.57. The first-order valence-corrected chi connectivity index (χ1v) is 6.49. The Kier molecular flexibility index (Phi) is 4.21. The molecule has 0 spiro atoms. The van der Waals surface area contributed by atoms with Crippen molar-refractivity contribution in [2.75, 3.05) is 14.2 Å². The molecule has 0 saturated heterocycles. The highest BCUT2D eigenvalue weighted by molar-refractivity contribution is 9.09. The molecule has 0 bridgehead atoms. The van der Waals surface area contributed by atoms with Crippen molar-refractivity contribution < 1.29 is 14.3 Å². The number of hydrogen-bond donors (Lipinski definition) is 1. The number of aromatic amines is 1. The van der Waals surface area contributed by atoms with E-state index in [-0.39, 0.29) is 10.5 Å². The predicted molar refractivity (Wildman–Crippen MR) is 73.7 cm³/mol. The van der Waals surface area contributed by atoms with Crippen LogP contribution in [-0.2, 0) is 4.74 Å². The number of ether oxygens (including phenoxy) is 2. The first kappa shape index (κ1) is 13.6. The fourth-order valence-electron chi connectivity index (χ4n) is 1.63. The minimum absolute atomic E-state index is 0.0793. The van der Waals surface area contributed by atoms with E-state index in [0.717, 1.165) is 17.0 Å². The summed E-state index contributed by atoms with van der Waals surface area (Å²) in [6.07, 6.45) is 0. The zero-order valence-corrected chi connectivity index (χ0v) is 12.1. The molecule has 0 fully saturated rings. The van der Waals surface area contributed by atoms with Gasteiger partial charge in [0.25, 0.3) is 0 Å². The predicted octanol–water partition coefficient (Wildman–Crippen LogP) is 2.69. The van der Waals surface area contributed by atoms with Crippen LogP contribution >= 0.6 is 15.9 Å². The Bertz CT molecular complexity index is 566. The SMILES string of the molecule is COC(=O)c1cc(C(Br)c2ccc(OC)cc2)[nH]n1. The van der Waals surface area contributed by atoms with Crippen LogP contribution in [0.4, 0.5) is 0 Å². The van der Waals surface area contributed by atoms with Crippen molar-refractivity contribution in [1.82, 2.24) is 10.2 Å². The van der Waals surface area contributed by atoms with E-state index < -0.39 is 5.97 Å². The number of nitrogens with zero attached hydrogens (tertiary/aromatic N) is 1. The summed E-state index contributed by atoms with van der Waals surface area (Å²) in [6, 6.07) is 9.30. The number of halogens is 1. The number of aromatic nitrogens is 2. The molecular weight excluding hydrogens is 312 g/mol. The van der Waals surface area contributed by atoms with Gasteiger partial charge in [0, 0.05) is 0 Å². The molecule has 6 heteroatoms. The lowest BCUT2D eigenvalue weighted by molar-refractivity contribution is 0.0594. The molecule has 2 rings (SSSR count). The van der Waals surface area contributed by atoms with Crippen molar-refractivity contribution in [1.29, 1.82) is 0 Å². The molecule has 19 heavy (non-hydrogen) atoms. The molecule has 1 N–H and O–H groups in total. The fraction of sp³-hybridized carbons (Fsp3) is 0.231. The van der Waals surface area contributed by atoms with Crippen LogP contribution in [0.5, 0.6) is 5.75 Å². The van der Waals surface area contributed by atoms with E-state index in [2.05, 4.69) is 30.9 Å². The molecule has 0 saturated carbocycles. The van der Waals surface area contributed by atoms with Crippen molar-refractivity contribution >= 4 is 21.9 Å². The van der Waals surface area contributed by atoms with E-state index in [4.69, 9.17) is 4.74 Å². The summed E-state index contributed by atoms with van der Waals surface area (Å²) in [5.41, 5.74) is 2.07. The number of alkyl halides is 1. The van der Waals surface area contributed by atoms with Gasteiger partial charge in [-0.25, -0.2) is 4.79 Å². The van der Waals surface area contributed by atoms with Crippen LogP contribution in [0.1, 0.15) is 26.6 Å². The summed E-state index contributed by atoms with van der Waals surface area (Å²) < 4.78 is 9.72. The molecule has 2 aromatic rings. The average Bonchev–Trinajstić information content (AvgIpc) is 2.95. The smallest absolute Gasteiger partial charge is 0.358 e. The van der Waals surface area contributed by atoms with Crippen LogP contribution < -0.4 is 4.74 Å². The number of hydrogen-bond acceptors (Lipinski definition) is 4. The molecule has 1 unspecified atom stereocenters. The highest BCUT2D eigenvalue weighted by Gasteiger charge is 2.16. The lowest BCUT2D eigenvalue weighted by Gasteiger charge is -2.08. The normalized spacial score (nSPS) is 11.9. The lowest BCUT2D eigenvalue weighted by Crippen LogP contribution is -2.00. The number of carbonyl (C=O) groups is 1. The van der Waals surface area contributed by atoms with Gasteiger partial charge in [-0.2, -0.15) is 5.10 Å². The van der Waals surface area contributed by atoms with Crippen LogP contribution in [-0.4, -0.2) is 30.4 Å². The monoisotopic (exact) mass is 324 g/mol. The molecule has 1 atom stereocenters. The summed E-state index contributed by atoms with van der Waals surface area (Å²) in [6.45, 7) is 0. The number of esters is 1. The minimum atomic E-state index is -0.461. The number of methoxy groups -OCH3 is 2. The summed E-state index contributed by atoms with van der Waals surface area (Å²) >= 11 is 3.56. The van der Waals surface area contributed by atoms with Gasteiger partial charge in [-0.1, -0.05) is 28.1 Å². The second-order valence-corrected chi connectivity index (χ2v) is 4.75. The van der Waals surface area contributed by atoms with Crippen molar-refractivity contribution in [2.45, 2.75) is 4.83 Å². The van der Waals surface area contributed by atoms with Crippen molar-refractivity contribution in [2.24, 2.45) is 0 Å². The molecule has 0 aliphatic rings. The molecule has 1 heterocycles. The maximum absolute atomic E-state index is 11.3. The molecule has 0 aliphatic heterocycles. The quantitative estimate of drug-likeness (QED) is 0.693. The van der Waals surface area contributed by atoms with Gasteiger partial charge in [-0.15, -0.1) is 0 Å². The number of benzene rings is 1.